The smallest absolute Gasteiger partial charge is 0.243 e. The van der Waals surface area contributed by atoms with Crippen LogP contribution in [0.1, 0.15) is 57.9 Å². The summed E-state index contributed by atoms with van der Waals surface area (Å²) in [6.07, 6.45) is 3.55. The van der Waals surface area contributed by atoms with E-state index >= 15 is 0 Å². The number of para-hydroxylation sites is 1. The first-order valence-electron chi connectivity index (χ1n) is 10.0. The van der Waals surface area contributed by atoms with Crippen LogP contribution in [0.5, 0.6) is 0 Å². The van der Waals surface area contributed by atoms with E-state index in [1.165, 1.54) is 5.56 Å². The van der Waals surface area contributed by atoms with Crippen molar-refractivity contribution in [3.63, 3.8) is 0 Å². The Labute approximate surface area is 167 Å². The van der Waals surface area contributed by atoms with Gasteiger partial charge in [0.1, 0.15) is 0 Å². The lowest BCUT2D eigenvalue weighted by molar-refractivity contribution is -0.116. The molecule has 0 saturated heterocycles. The highest BCUT2D eigenvalue weighted by Gasteiger charge is 2.08. The van der Waals surface area contributed by atoms with E-state index in [0.29, 0.717) is 23.7 Å². The molecule has 3 N–H and O–H groups in total. The summed E-state index contributed by atoms with van der Waals surface area (Å²) in [6.45, 7) is 6.54. The van der Waals surface area contributed by atoms with Crippen LogP contribution in [0.2, 0.25) is 0 Å². The van der Waals surface area contributed by atoms with Crippen molar-refractivity contribution in [3.05, 3.63) is 54.1 Å². The van der Waals surface area contributed by atoms with Gasteiger partial charge < -0.3 is 16.0 Å². The number of amides is 2. The van der Waals surface area contributed by atoms with Gasteiger partial charge in [-0.05, 0) is 42.2 Å². The summed E-state index contributed by atoms with van der Waals surface area (Å²) in [5.41, 5.74) is 3.51. The first kappa shape index (κ1) is 21.5. The van der Waals surface area contributed by atoms with Crippen molar-refractivity contribution in [1.29, 1.82) is 0 Å². The van der Waals surface area contributed by atoms with Gasteiger partial charge in [0, 0.05) is 23.5 Å². The fourth-order valence-electron chi connectivity index (χ4n) is 2.98. The molecule has 2 aromatic rings. The van der Waals surface area contributed by atoms with Crippen LogP contribution < -0.4 is 16.0 Å². The Morgan fingerprint density at radius 1 is 0.893 bits per heavy atom. The molecule has 0 saturated carbocycles. The number of anilines is 3. The van der Waals surface area contributed by atoms with Crippen LogP contribution in [0, 0.1) is 0 Å². The quantitative estimate of drug-likeness (QED) is 0.484. The number of unbranched alkanes of at least 4 members (excludes halogenated alkanes) is 2. The van der Waals surface area contributed by atoms with E-state index in [4.69, 9.17) is 0 Å². The molecule has 0 radical (unpaired) electrons. The minimum atomic E-state index is -0.134. The van der Waals surface area contributed by atoms with Gasteiger partial charge in [0.25, 0.3) is 0 Å². The summed E-state index contributed by atoms with van der Waals surface area (Å²) in [4.78, 5) is 24.3. The third kappa shape index (κ3) is 7.06. The molecule has 0 aliphatic heterocycles. The Kier molecular flexibility index (Phi) is 8.53. The van der Waals surface area contributed by atoms with Crippen molar-refractivity contribution in [3.8, 4) is 0 Å². The van der Waals surface area contributed by atoms with Gasteiger partial charge in [-0.2, -0.15) is 0 Å². The number of nitrogens with one attached hydrogen (secondary N) is 3. The minimum Gasteiger partial charge on any atom is -0.376 e. The first-order chi connectivity index (χ1) is 13.5. The summed E-state index contributed by atoms with van der Waals surface area (Å²) in [5, 5.41) is 8.97. The third-order valence-electron chi connectivity index (χ3n) is 4.46. The molecule has 0 fully saturated rings. The molecule has 0 heterocycles. The van der Waals surface area contributed by atoms with Gasteiger partial charge in [0.15, 0.2) is 0 Å². The molecular formula is C23H31N3O2. The average molecular weight is 382 g/mol. The van der Waals surface area contributed by atoms with Crippen molar-refractivity contribution in [2.75, 3.05) is 22.5 Å². The monoisotopic (exact) mass is 381 g/mol. The van der Waals surface area contributed by atoms with Gasteiger partial charge >= 0.3 is 0 Å². The zero-order valence-corrected chi connectivity index (χ0v) is 17.0. The molecular weight excluding hydrogens is 350 g/mol. The van der Waals surface area contributed by atoms with E-state index in [9.17, 15) is 9.59 Å². The summed E-state index contributed by atoms with van der Waals surface area (Å²) >= 11 is 0. The van der Waals surface area contributed by atoms with E-state index in [-0.39, 0.29) is 18.4 Å². The van der Waals surface area contributed by atoms with Crippen molar-refractivity contribution in [2.45, 2.75) is 52.4 Å². The van der Waals surface area contributed by atoms with Gasteiger partial charge in [-0.15, -0.1) is 0 Å². The van der Waals surface area contributed by atoms with Gasteiger partial charge in [-0.3, -0.25) is 9.59 Å². The SMILES string of the molecule is CCCCCC(=O)Nc1cccc(NC(=O)CNc2ccccc2C(C)C)c1. The number of hydrogen-bond donors (Lipinski definition) is 3. The van der Waals surface area contributed by atoms with Crippen LogP contribution in [0.25, 0.3) is 0 Å². The predicted molar refractivity (Wildman–Crippen MR) is 117 cm³/mol. The van der Waals surface area contributed by atoms with Crippen LogP contribution in [-0.4, -0.2) is 18.4 Å². The summed E-state index contributed by atoms with van der Waals surface area (Å²) < 4.78 is 0. The highest BCUT2D eigenvalue weighted by molar-refractivity contribution is 5.95. The van der Waals surface area contributed by atoms with Crippen LogP contribution >= 0.6 is 0 Å². The lowest BCUT2D eigenvalue weighted by Gasteiger charge is -2.14. The molecule has 5 nitrogen and oxygen atoms in total. The van der Waals surface area contributed by atoms with E-state index in [1.807, 2.05) is 36.4 Å². The summed E-state index contributed by atoms with van der Waals surface area (Å²) in [5.74, 6) is 0.248. The van der Waals surface area contributed by atoms with Crippen molar-refractivity contribution in [1.82, 2.24) is 0 Å². The second-order valence-corrected chi connectivity index (χ2v) is 7.23. The van der Waals surface area contributed by atoms with Gasteiger partial charge in [0.2, 0.25) is 11.8 Å². The number of carbonyl (C=O) groups is 2. The van der Waals surface area contributed by atoms with Gasteiger partial charge in [0.05, 0.1) is 6.54 Å². The molecule has 0 unspecified atom stereocenters. The lowest BCUT2D eigenvalue weighted by atomic mass is 10.0. The fraction of sp³-hybridized carbons (Fsp3) is 0.391. The molecule has 0 aliphatic rings. The Bertz CT molecular complexity index is 787. The topological polar surface area (TPSA) is 70.2 Å². The maximum Gasteiger partial charge on any atom is 0.243 e. The van der Waals surface area contributed by atoms with E-state index in [0.717, 1.165) is 24.9 Å². The third-order valence-corrected chi connectivity index (χ3v) is 4.46. The molecule has 0 spiro atoms. The van der Waals surface area contributed by atoms with Gasteiger partial charge in [-0.1, -0.05) is 57.9 Å². The molecule has 0 atom stereocenters. The molecule has 2 rings (SSSR count). The number of rotatable bonds is 10. The lowest BCUT2D eigenvalue weighted by Crippen LogP contribution is -2.22. The van der Waals surface area contributed by atoms with Crippen molar-refractivity contribution in [2.24, 2.45) is 0 Å². The van der Waals surface area contributed by atoms with Crippen LogP contribution in [-0.2, 0) is 9.59 Å². The van der Waals surface area contributed by atoms with Crippen LogP contribution in [0.3, 0.4) is 0 Å². The second kappa shape index (κ2) is 11.1. The predicted octanol–water partition coefficient (Wildman–Crippen LogP) is 5.38. The number of benzene rings is 2. The van der Waals surface area contributed by atoms with E-state index in [1.54, 1.807) is 6.07 Å². The molecule has 0 aliphatic carbocycles. The highest BCUT2D eigenvalue weighted by Crippen LogP contribution is 2.23. The largest absolute Gasteiger partial charge is 0.376 e. The Balaban J connectivity index is 1.88. The molecule has 0 bridgehead atoms. The maximum absolute atomic E-state index is 12.3. The normalized spacial score (nSPS) is 10.6. The molecule has 2 aromatic carbocycles. The molecule has 2 amide bonds. The Hall–Kier alpha value is -2.82. The molecule has 150 valence electrons. The fourth-order valence-corrected chi connectivity index (χ4v) is 2.98. The van der Waals surface area contributed by atoms with Crippen molar-refractivity contribution >= 4 is 28.9 Å². The van der Waals surface area contributed by atoms with Crippen LogP contribution in [0.15, 0.2) is 48.5 Å². The van der Waals surface area contributed by atoms with Gasteiger partial charge in [-0.25, -0.2) is 0 Å². The molecule has 28 heavy (non-hydrogen) atoms. The molecule has 0 aromatic heterocycles. The number of carbonyl (C=O) groups excluding carboxylic acids is 2. The summed E-state index contributed by atoms with van der Waals surface area (Å²) in [6, 6.07) is 15.2. The maximum atomic E-state index is 12.3. The molecule has 5 heteroatoms. The average Bonchev–Trinajstić information content (AvgIpc) is 2.67. The summed E-state index contributed by atoms with van der Waals surface area (Å²) in [7, 11) is 0. The minimum absolute atomic E-state index is 0.00360. The number of hydrogen-bond acceptors (Lipinski definition) is 3. The van der Waals surface area contributed by atoms with E-state index < -0.39 is 0 Å². The van der Waals surface area contributed by atoms with Crippen LogP contribution in [0.4, 0.5) is 17.1 Å². The Morgan fingerprint density at radius 2 is 1.57 bits per heavy atom. The van der Waals surface area contributed by atoms with Crippen molar-refractivity contribution < 1.29 is 9.59 Å². The van der Waals surface area contributed by atoms with E-state index in [2.05, 4.69) is 42.8 Å². The standard InChI is InChI=1S/C23H31N3O2/c1-4-5-6-14-22(27)25-18-10-9-11-19(15-18)26-23(28)16-24-21-13-8-7-12-20(21)17(2)3/h7-13,15,17,24H,4-6,14,16H2,1-3H3,(H,25,27)(H,26,28). The Morgan fingerprint density at radius 3 is 2.25 bits per heavy atom. The highest BCUT2D eigenvalue weighted by atomic mass is 16.2. The second-order valence-electron chi connectivity index (χ2n) is 7.23. The zero-order valence-electron chi connectivity index (χ0n) is 17.0. The zero-order chi connectivity index (χ0) is 20.4. The first-order valence-corrected chi connectivity index (χ1v) is 10.0.